The van der Waals surface area contributed by atoms with Gasteiger partial charge in [0.2, 0.25) is 11.8 Å². The van der Waals surface area contributed by atoms with Crippen LogP contribution in [0.5, 0.6) is 0 Å². The Morgan fingerprint density at radius 3 is 2.50 bits per heavy atom. The van der Waals surface area contributed by atoms with Gasteiger partial charge in [0.15, 0.2) is 0 Å². The molecule has 7 nitrogen and oxygen atoms in total. The largest absolute Gasteiger partial charge is 0.469 e. The van der Waals surface area contributed by atoms with E-state index in [0.717, 1.165) is 4.90 Å². The Bertz CT molecular complexity index is 391. The van der Waals surface area contributed by atoms with Crippen molar-refractivity contribution in [3.05, 3.63) is 0 Å². The topological polar surface area (TPSA) is 92.8 Å². The highest BCUT2D eigenvalue weighted by Gasteiger charge is 2.41. The van der Waals surface area contributed by atoms with E-state index in [0.29, 0.717) is 0 Å². The lowest BCUT2D eigenvalue weighted by atomic mass is 9.92. The zero-order chi connectivity index (χ0) is 13.9. The van der Waals surface area contributed by atoms with Crippen LogP contribution in [-0.2, 0) is 19.1 Å². The van der Waals surface area contributed by atoms with Crippen molar-refractivity contribution < 1.29 is 23.9 Å². The van der Waals surface area contributed by atoms with Crippen LogP contribution in [0.1, 0.15) is 20.3 Å². The molecule has 1 heterocycles. The number of barbiturate groups is 1. The third-order valence-corrected chi connectivity index (χ3v) is 2.72. The summed E-state index contributed by atoms with van der Waals surface area (Å²) in [4.78, 5) is 46.9. The number of amides is 4. The molecule has 4 amide bonds. The molecule has 0 aromatic carbocycles. The Hall–Kier alpha value is -1.92. The minimum atomic E-state index is -0.889. The quantitative estimate of drug-likeness (QED) is 0.560. The van der Waals surface area contributed by atoms with Gasteiger partial charge in [0.25, 0.3) is 0 Å². The number of methoxy groups -OCH3 is 1. The Morgan fingerprint density at radius 1 is 1.39 bits per heavy atom. The van der Waals surface area contributed by atoms with E-state index in [1.54, 1.807) is 13.8 Å². The molecular formula is C11H16N2O5. The van der Waals surface area contributed by atoms with E-state index >= 15 is 0 Å². The zero-order valence-corrected chi connectivity index (χ0v) is 10.6. The summed E-state index contributed by atoms with van der Waals surface area (Å²) < 4.78 is 4.43. The van der Waals surface area contributed by atoms with E-state index in [-0.39, 0.29) is 18.9 Å². The minimum Gasteiger partial charge on any atom is -0.469 e. The standard InChI is InChI=1S/C11H16N2O5/c1-6(2)8-9(15)12-11(17)13(10(8)16)5-4-7(14)18-3/h6,8H,4-5H2,1-3H3,(H,12,15,17). The molecule has 1 saturated heterocycles. The molecule has 1 atom stereocenters. The first kappa shape index (κ1) is 14.1. The van der Waals surface area contributed by atoms with Crippen LogP contribution in [0.15, 0.2) is 0 Å². The number of carbonyl (C=O) groups is 4. The molecular weight excluding hydrogens is 240 g/mol. The minimum absolute atomic E-state index is 0.0886. The monoisotopic (exact) mass is 256 g/mol. The van der Waals surface area contributed by atoms with Gasteiger partial charge in [0.1, 0.15) is 5.92 Å². The van der Waals surface area contributed by atoms with Crippen LogP contribution in [0.2, 0.25) is 0 Å². The second kappa shape index (κ2) is 5.61. The highest BCUT2D eigenvalue weighted by atomic mass is 16.5. The summed E-state index contributed by atoms with van der Waals surface area (Å²) in [6.07, 6.45) is -0.0886. The molecule has 0 radical (unpaired) electrons. The third kappa shape index (κ3) is 2.85. The van der Waals surface area contributed by atoms with Crippen LogP contribution in [0, 0.1) is 11.8 Å². The predicted octanol–water partition coefficient (Wildman–Crippen LogP) is -0.0999. The molecule has 0 aromatic heterocycles. The van der Waals surface area contributed by atoms with Crippen molar-refractivity contribution in [1.82, 2.24) is 10.2 Å². The maximum atomic E-state index is 12.0. The van der Waals surface area contributed by atoms with Gasteiger partial charge in [-0.2, -0.15) is 0 Å². The van der Waals surface area contributed by atoms with E-state index in [1.165, 1.54) is 7.11 Å². The molecule has 0 bridgehead atoms. The Balaban J connectivity index is 2.77. The molecule has 1 aliphatic rings. The van der Waals surface area contributed by atoms with Crippen molar-refractivity contribution in [2.24, 2.45) is 11.8 Å². The zero-order valence-electron chi connectivity index (χ0n) is 10.6. The van der Waals surface area contributed by atoms with Crippen LogP contribution in [0.4, 0.5) is 4.79 Å². The van der Waals surface area contributed by atoms with Crippen molar-refractivity contribution in [1.29, 1.82) is 0 Å². The smallest absolute Gasteiger partial charge is 0.330 e. The molecule has 18 heavy (non-hydrogen) atoms. The molecule has 1 rings (SSSR count). The van der Waals surface area contributed by atoms with E-state index in [4.69, 9.17) is 0 Å². The van der Waals surface area contributed by atoms with E-state index < -0.39 is 29.7 Å². The molecule has 1 fully saturated rings. The normalized spacial score (nSPS) is 20.1. The summed E-state index contributed by atoms with van der Waals surface area (Å²) in [5.74, 6) is -2.78. The lowest BCUT2D eigenvalue weighted by Crippen LogP contribution is -2.59. The molecule has 7 heteroatoms. The fourth-order valence-corrected chi connectivity index (χ4v) is 1.74. The number of rotatable bonds is 4. The summed E-state index contributed by atoms with van der Waals surface area (Å²) in [6.45, 7) is 3.35. The Morgan fingerprint density at radius 2 is 2.00 bits per heavy atom. The predicted molar refractivity (Wildman–Crippen MR) is 60.2 cm³/mol. The molecule has 0 aromatic rings. The molecule has 0 aliphatic carbocycles. The number of urea groups is 1. The average Bonchev–Trinajstić information content (AvgIpc) is 2.27. The molecule has 1 N–H and O–H groups in total. The number of ether oxygens (including phenoxy) is 1. The average molecular weight is 256 g/mol. The number of carbonyl (C=O) groups excluding carboxylic acids is 4. The Labute approximate surface area is 104 Å². The number of hydrogen-bond acceptors (Lipinski definition) is 5. The lowest BCUT2D eigenvalue weighted by Gasteiger charge is -2.31. The van der Waals surface area contributed by atoms with Gasteiger partial charge in [-0.1, -0.05) is 13.8 Å². The third-order valence-electron chi connectivity index (χ3n) is 2.72. The molecule has 1 unspecified atom stereocenters. The first-order valence-electron chi connectivity index (χ1n) is 5.61. The van der Waals surface area contributed by atoms with Gasteiger partial charge in [0.05, 0.1) is 13.5 Å². The van der Waals surface area contributed by atoms with Crippen LogP contribution in [0.25, 0.3) is 0 Å². The Kier molecular flexibility index (Phi) is 4.41. The maximum absolute atomic E-state index is 12.0. The lowest BCUT2D eigenvalue weighted by molar-refractivity contribution is -0.145. The van der Waals surface area contributed by atoms with Crippen molar-refractivity contribution >= 4 is 23.8 Å². The molecule has 100 valence electrons. The number of nitrogens with zero attached hydrogens (tertiary/aromatic N) is 1. The molecule has 1 aliphatic heterocycles. The van der Waals surface area contributed by atoms with Gasteiger partial charge in [-0.25, -0.2) is 4.79 Å². The van der Waals surface area contributed by atoms with Gasteiger partial charge < -0.3 is 4.74 Å². The van der Waals surface area contributed by atoms with Gasteiger partial charge >= 0.3 is 12.0 Å². The van der Waals surface area contributed by atoms with E-state index in [1.807, 2.05) is 0 Å². The molecule has 0 saturated carbocycles. The molecule has 0 spiro atoms. The summed E-state index contributed by atoms with van der Waals surface area (Å²) in [5, 5.41) is 2.11. The summed E-state index contributed by atoms with van der Waals surface area (Å²) in [6, 6.07) is -0.786. The van der Waals surface area contributed by atoms with Crippen molar-refractivity contribution in [3.63, 3.8) is 0 Å². The second-order valence-electron chi connectivity index (χ2n) is 4.33. The van der Waals surface area contributed by atoms with Crippen molar-refractivity contribution in [3.8, 4) is 0 Å². The summed E-state index contributed by atoms with van der Waals surface area (Å²) >= 11 is 0. The fourth-order valence-electron chi connectivity index (χ4n) is 1.74. The number of esters is 1. The van der Waals surface area contributed by atoms with Gasteiger partial charge in [0, 0.05) is 6.54 Å². The maximum Gasteiger partial charge on any atom is 0.330 e. The van der Waals surface area contributed by atoms with Gasteiger partial charge in [-0.15, -0.1) is 0 Å². The van der Waals surface area contributed by atoms with E-state index in [9.17, 15) is 19.2 Å². The van der Waals surface area contributed by atoms with Crippen molar-refractivity contribution in [2.75, 3.05) is 13.7 Å². The number of imide groups is 2. The summed E-state index contributed by atoms with van der Waals surface area (Å²) in [7, 11) is 1.22. The second-order valence-corrected chi connectivity index (χ2v) is 4.33. The summed E-state index contributed by atoms with van der Waals surface area (Å²) in [5.41, 5.74) is 0. The van der Waals surface area contributed by atoms with Crippen LogP contribution in [-0.4, -0.2) is 42.4 Å². The highest BCUT2D eigenvalue weighted by Crippen LogP contribution is 2.19. The van der Waals surface area contributed by atoms with Gasteiger partial charge in [-0.05, 0) is 5.92 Å². The van der Waals surface area contributed by atoms with Gasteiger partial charge in [-0.3, -0.25) is 24.6 Å². The van der Waals surface area contributed by atoms with Crippen molar-refractivity contribution in [2.45, 2.75) is 20.3 Å². The SMILES string of the molecule is COC(=O)CCN1C(=O)NC(=O)C(C(C)C)C1=O. The van der Waals surface area contributed by atoms with Crippen LogP contribution < -0.4 is 5.32 Å². The van der Waals surface area contributed by atoms with Crippen LogP contribution >= 0.6 is 0 Å². The number of nitrogens with one attached hydrogen (secondary N) is 1. The first-order chi connectivity index (χ1) is 8.38. The van der Waals surface area contributed by atoms with E-state index in [2.05, 4.69) is 10.1 Å². The highest BCUT2D eigenvalue weighted by molar-refractivity contribution is 6.16. The fraction of sp³-hybridized carbons (Fsp3) is 0.636. The van der Waals surface area contributed by atoms with Crippen LogP contribution in [0.3, 0.4) is 0 Å². The number of hydrogen-bond donors (Lipinski definition) is 1. The first-order valence-corrected chi connectivity index (χ1v) is 5.61.